The van der Waals surface area contributed by atoms with Crippen LogP contribution in [0.4, 0.5) is 0 Å². The van der Waals surface area contributed by atoms with Crippen molar-refractivity contribution in [2.45, 2.75) is 37.8 Å². The number of ether oxygens (including phenoxy) is 2. The largest absolute Gasteiger partial charge is 0.490 e. The van der Waals surface area contributed by atoms with E-state index < -0.39 is 16.1 Å². The molecule has 0 bridgehead atoms. The summed E-state index contributed by atoms with van der Waals surface area (Å²) < 4.78 is 41.1. The van der Waals surface area contributed by atoms with Crippen LogP contribution in [-0.2, 0) is 21.4 Å². The van der Waals surface area contributed by atoms with E-state index in [1.807, 2.05) is 38.1 Å². The van der Waals surface area contributed by atoms with Crippen LogP contribution in [0.25, 0.3) is 10.2 Å². The van der Waals surface area contributed by atoms with E-state index in [0.717, 1.165) is 21.6 Å². The molecule has 1 aliphatic rings. The van der Waals surface area contributed by atoms with Crippen LogP contribution in [0, 0.1) is 5.92 Å². The molecule has 0 spiro atoms. The first kappa shape index (κ1) is 23.5. The number of hydrogen-bond acceptors (Lipinski definition) is 7. The summed E-state index contributed by atoms with van der Waals surface area (Å²) in [5.41, 5.74) is 0.883. The first-order chi connectivity index (χ1) is 15.7. The van der Waals surface area contributed by atoms with Crippen LogP contribution in [0.5, 0.6) is 11.5 Å². The molecule has 33 heavy (non-hydrogen) atoms. The second kappa shape index (κ2) is 9.66. The van der Waals surface area contributed by atoms with Crippen LogP contribution in [0.15, 0.2) is 47.4 Å². The van der Waals surface area contributed by atoms with E-state index in [-0.39, 0.29) is 16.7 Å². The number of rotatable bonds is 7. The Balaban J connectivity index is 1.51. The molecular formula is C23H27N3O5S2. The molecule has 1 aliphatic heterocycles. The third kappa shape index (κ3) is 5.29. The molecule has 8 nitrogen and oxygen atoms in total. The van der Waals surface area contributed by atoms with Crippen molar-refractivity contribution in [2.75, 3.05) is 20.3 Å². The van der Waals surface area contributed by atoms with Crippen molar-refractivity contribution in [3.05, 3.63) is 47.5 Å². The summed E-state index contributed by atoms with van der Waals surface area (Å²) in [5.74, 6) is 0.321. The van der Waals surface area contributed by atoms with E-state index >= 15 is 0 Å². The number of carbonyl (C=O) groups excluding carboxylic acids is 1. The van der Waals surface area contributed by atoms with Gasteiger partial charge in [-0.3, -0.25) is 4.79 Å². The van der Waals surface area contributed by atoms with Crippen molar-refractivity contribution in [1.82, 2.24) is 14.6 Å². The van der Waals surface area contributed by atoms with E-state index in [0.29, 0.717) is 31.3 Å². The van der Waals surface area contributed by atoms with Gasteiger partial charge in [0.1, 0.15) is 11.0 Å². The van der Waals surface area contributed by atoms with Crippen molar-refractivity contribution in [3.8, 4) is 11.5 Å². The molecular weight excluding hydrogens is 462 g/mol. The molecule has 4 rings (SSSR count). The quantitative estimate of drug-likeness (QED) is 0.546. The van der Waals surface area contributed by atoms with Gasteiger partial charge in [-0.15, -0.1) is 11.3 Å². The summed E-state index contributed by atoms with van der Waals surface area (Å²) in [7, 11) is -2.31. The maximum absolute atomic E-state index is 13.2. The lowest BCUT2D eigenvalue weighted by atomic mass is 10.0. The van der Waals surface area contributed by atoms with Crippen molar-refractivity contribution in [3.63, 3.8) is 0 Å². The minimum Gasteiger partial charge on any atom is -0.490 e. The standard InChI is InChI=1S/C23H27N3O5S2/c1-15(2)22(23(27)26(3)14-21-24-17-7-4-5-8-20(17)32-21)25-33(28,29)16-9-10-18-19(13-16)31-12-6-11-30-18/h4-5,7-10,13,15,22,25H,6,11-12,14H2,1-3H3. The monoisotopic (exact) mass is 489 g/mol. The molecule has 1 aromatic heterocycles. The zero-order valence-electron chi connectivity index (χ0n) is 18.8. The summed E-state index contributed by atoms with van der Waals surface area (Å²) in [5, 5.41) is 0.792. The number of hydrogen-bond donors (Lipinski definition) is 1. The molecule has 176 valence electrons. The predicted molar refractivity (Wildman–Crippen MR) is 127 cm³/mol. The van der Waals surface area contributed by atoms with Crippen molar-refractivity contribution >= 4 is 37.5 Å². The van der Waals surface area contributed by atoms with E-state index in [1.54, 1.807) is 13.1 Å². The number of carbonyl (C=O) groups is 1. The van der Waals surface area contributed by atoms with Gasteiger partial charge in [-0.05, 0) is 30.2 Å². The highest BCUT2D eigenvalue weighted by Crippen LogP contribution is 2.32. The van der Waals surface area contributed by atoms with Gasteiger partial charge >= 0.3 is 0 Å². The Morgan fingerprint density at radius 1 is 1.15 bits per heavy atom. The van der Waals surface area contributed by atoms with Crippen molar-refractivity contribution in [1.29, 1.82) is 0 Å². The van der Waals surface area contributed by atoms with Gasteiger partial charge in [0.25, 0.3) is 0 Å². The minimum absolute atomic E-state index is 0.0269. The average Bonchev–Trinajstić information content (AvgIpc) is 3.03. The van der Waals surface area contributed by atoms with E-state index in [4.69, 9.17) is 9.47 Å². The minimum atomic E-state index is -3.97. The van der Waals surface area contributed by atoms with Gasteiger partial charge in [0.05, 0.1) is 34.9 Å². The molecule has 1 atom stereocenters. The Kier molecular flexibility index (Phi) is 6.87. The number of para-hydroxylation sites is 1. The number of thiazole rings is 1. The van der Waals surface area contributed by atoms with E-state index in [1.165, 1.54) is 28.4 Å². The van der Waals surface area contributed by atoms with Crippen LogP contribution in [0.2, 0.25) is 0 Å². The Bertz CT molecular complexity index is 1220. The Morgan fingerprint density at radius 2 is 1.88 bits per heavy atom. The number of nitrogens with zero attached hydrogens (tertiary/aromatic N) is 2. The summed E-state index contributed by atoms with van der Waals surface area (Å²) in [4.78, 5) is 19.3. The number of fused-ring (bicyclic) bond motifs is 2. The molecule has 0 fully saturated rings. The average molecular weight is 490 g/mol. The lowest BCUT2D eigenvalue weighted by Crippen LogP contribution is -2.49. The SMILES string of the molecule is CC(C)C(NS(=O)(=O)c1ccc2c(c1)OCCCO2)C(=O)N(C)Cc1nc2ccccc2s1. The molecule has 1 unspecified atom stereocenters. The highest BCUT2D eigenvalue weighted by Gasteiger charge is 2.31. The predicted octanol–water partition coefficient (Wildman–Crippen LogP) is 3.42. The van der Waals surface area contributed by atoms with E-state index in [2.05, 4.69) is 9.71 Å². The summed E-state index contributed by atoms with van der Waals surface area (Å²) in [6.45, 7) is 4.89. The molecule has 0 saturated carbocycles. The molecule has 2 heterocycles. The van der Waals surface area contributed by atoms with Crippen LogP contribution in [0.1, 0.15) is 25.3 Å². The third-order valence-corrected chi connectivity index (χ3v) is 7.79. The topological polar surface area (TPSA) is 97.8 Å². The van der Waals surface area contributed by atoms with Crippen LogP contribution in [0.3, 0.4) is 0 Å². The fourth-order valence-electron chi connectivity index (χ4n) is 3.52. The number of aromatic nitrogens is 1. The van der Waals surface area contributed by atoms with Crippen LogP contribution < -0.4 is 14.2 Å². The van der Waals surface area contributed by atoms with Gasteiger partial charge in [-0.1, -0.05) is 26.0 Å². The Hall–Kier alpha value is -2.69. The number of benzene rings is 2. The smallest absolute Gasteiger partial charge is 0.241 e. The van der Waals surface area contributed by atoms with E-state index in [9.17, 15) is 13.2 Å². The third-order valence-electron chi connectivity index (χ3n) is 5.33. The molecule has 3 aromatic rings. The lowest BCUT2D eigenvalue weighted by Gasteiger charge is -2.26. The number of sulfonamides is 1. The maximum atomic E-state index is 13.2. The maximum Gasteiger partial charge on any atom is 0.241 e. The highest BCUT2D eigenvalue weighted by atomic mass is 32.2. The normalized spacial score (nSPS) is 14.8. The van der Waals surface area contributed by atoms with Gasteiger partial charge < -0.3 is 14.4 Å². The zero-order chi connectivity index (χ0) is 23.6. The number of likely N-dealkylation sites (N-methyl/N-ethyl adjacent to an activating group) is 1. The zero-order valence-corrected chi connectivity index (χ0v) is 20.4. The Morgan fingerprint density at radius 3 is 2.61 bits per heavy atom. The second-order valence-corrected chi connectivity index (χ2v) is 11.1. The lowest BCUT2D eigenvalue weighted by molar-refractivity contribution is -0.133. The van der Waals surface area contributed by atoms with Crippen LogP contribution >= 0.6 is 11.3 Å². The fraction of sp³-hybridized carbons (Fsp3) is 0.391. The fourth-order valence-corrected chi connectivity index (χ4v) is 5.90. The van der Waals surface area contributed by atoms with Gasteiger partial charge in [0, 0.05) is 19.5 Å². The highest BCUT2D eigenvalue weighted by molar-refractivity contribution is 7.89. The van der Waals surface area contributed by atoms with Crippen LogP contribution in [-0.4, -0.2) is 50.5 Å². The molecule has 0 radical (unpaired) electrons. The summed E-state index contributed by atoms with van der Waals surface area (Å²) in [6, 6.07) is 11.3. The van der Waals surface area contributed by atoms with Gasteiger partial charge in [-0.2, -0.15) is 4.72 Å². The van der Waals surface area contributed by atoms with Gasteiger partial charge in [0.15, 0.2) is 11.5 Å². The summed E-state index contributed by atoms with van der Waals surface area (Å²) >= 11 is 1.52. The first-order valence-electron chi connectivity index (χ1n) is 10.8. The summed E-state index contributed by atoms with van der Waals surface area (Å²) in [6.07, 6.45) is 0.722. The van der Waals surface area contributed by atoms with Gasteiger partial charge in [0.2, 0.25) is 15.9 Å². The van der Waals surface area contributed by atoms with Crippen molar-refractivity contribution < 1.29 is 22.7 Å². The number of amides is 1. The Labute approximate surface area is 197 Å². The molecule has 1 amide bonds. The second-order valence-electron chi connectivity index (χ2n) is 8.27. The van der Waals surface area contributed by atoms with Crippen molar-refractivity contribution in [2.24, 2.45) is 5.92 Å². The number of nitrogens with one attached hydrogen (secondary N) is 1. The van der Waals surface area contributed by atoms with Gasteiger partial charge in [-0.25, -0.2) is 13.4 Å². The molecule has 0 aliphatic carbocycles. The molecule has 2 aromatic carbocycles. The first-order valence-corrected chi connectivity index (χ1v) is 13.1. The molecule has 10 heteroatoms. The molecule has 0 saturated heterocycles. The molecule has 1 N–H and O–H groups in total.